The molecule has 134 valence electrons. The number of aryl methyl sites for hydroxylation is 1. The lowest BCUT2D eigenvalue weighted by atomic mass is 10.0. The molecule has 6 heteroatoms. The molecule has 0 spiro atoms. The smallest absolute Gasteiger partial charge is 0.246 e. The Morgan fingerprint density at radius 1 is 1.12 bits per heavy atom. The third-order valence-corrected chi connectivity index (χ3v) is 4.21. The van der Waals surface area contributed by atoms with E-state index in [1.54, 1.807) is 4.90 Å². The SMILES string of the molecule is Cl.NCCCCCCC(=O)NCC(=O)N1CCCc2ccccc21. The minimum Gasteiger partial charge on any atom is -0.347 e. The fourth-order valence-corrected chi connectivity index (χ4v) is 2.93. The Labute approximate surface area is 150 Å². The number of halogens is 1. The van der Waals surface area contributed by atoms with Crippen LogP contribution < -0.4 is 16.0 Å². The highest BCUT2D eigenvalue weighted by atomic mass is 35.5. The zero-order chi connectivity index (χ0) is 16.5. The number of benzene rings is 1. The van der Waals surface area contributed by atoms with Crippen molar-refractivity contribution in [1.29, 1.82) is 0 Å². The highest BCUT2D eigenvalue weighted by Gasteiger charge is 2.22. The highest BCUT2D eigenvalue weighted by molar-refractivity contribution is 5.97. The molecule has 0 radical (unpaired) electrons. The number of hydrogen-bond acceptors (Lipinski definition) is 3. The van der Waals surface area contributed by atoms with Gasteiger partial charge in [0.1, 0.15) is 0 Å². The standard InChI is InChI=1S/C18H27N3O2.ClH/c19-12-6-2-1-3-11-17(22)20-14-18(23)21-13-7-9-15-8-4-5-10-16(15)21;/h4-5,8,10H,1-3,6-7,9,11-14,19H2,(H,20,22);1H. The maximum atomic E-state index is 12.4. The third kappa shape index (κ3) is 6.13. The van der Waals surface area contributed by atoms with Crippen molar-refractivity contribution in [3.63, 3.8) is 0 Å². The lowest BCUT2D eigenvalue weighted by Gasteiger charge is -2.29. The molecular formula is C18H28ClN3O2. The van der Waals surface area contributed by atoms with Crippen LogP contribution in [0.1, 0.15) is 44.1 Å². The topological polar surface area (TPSA) is 75.4 Å². The van der Waals surface area contributed by atoms with Crippen molar-refractivity contribution < 1.29 is 9.59 Å². The molecule has 0 saturated carbocycles. The summed E-state index contributed by atoms with van der Waals surface area (Å²) in [5.41, 5.74) is 7.63. The van der Waals surface area contributed by atoms with Gasteiger partial charge in [-0.3, -0.25) is 9.59 Å². The maximum Gasteiger partial charge on any atom is 0.246 e. The largest absolute Gasteiger partial charge is 0.347 e. The molecule has 2 rings (SSSR count). The fraction of sp³-hybridized carbons (Fsp3) is 0.556. The predicted molar refractivity (Wildman–Crippen MR) is 99.5 cm³/mol. The van der Waals surface area contributed by atoms with Crippen LogP contribution in [0.25, 0.3) is 0 Å². The van der Waals surface area contributed by atoms with E-state index in [0.717, 1.165) is 50.8 Å². The summed E-state index contributed by atoms with van der Waals surface area (Å²) in [5, 5.41) is 2.75. The van der Waals surface area contributed by atoms with Crippen LogP contribution in [0.15, 0.2) is 24.3 Å². The Morgan fingerprint density at radius 3 is 2.67 bits per heavy atom. The molecule has 0 aromatic heterocycles. The van der Waals surface area contributed by atoms with Gasteiger partial charge >= 0.3 is 0 Å². The quantitative estimate of drug-likeness (QED) is 0.705. The first-order valence-corrected chi connectivity index (χ1v) is 8.57. The van der Waals surface area contributed by atoms with Crippen LogP contribution in [0.4, 0.5) is 5.69 Å². The van der Waals surface area contributed by atoms with Gasteiger partial charge in [-0.25, -0.2) is 0 Å². The van der Waals surface area contributed by atoms with Crippen LogP contribution in [0.5, 0.6) is 0 Å². The lowest BCUT2D eigenvalue weighted by molar-refractivity contribution is -0.125. The number of carbonyl (C=O) groups is 2. The fourth-order valence-electron chi connectivity index (χ4n) is 2.93. The van der Waals surface area contributed by atoms with Gasteiger partial charge in [0, 0.05) is 18.7 Å². The van der Waals surface area contributed by atoms with Crippen molar-refractivity contribution >= 4 is 29.9 Å². The minimum atomic E-state index is -0.0450. The van der Waals surface area contributed by atoms with Gasteiger partial charge in [0.05, 0.1) is 6.54 Å². The molecule has 1 aromatic rings. The van der Waals surface area contributed by atoms with Crippen molar-refractivity contribution in [2.45, 2.75) is 44.9 Å². The zero-order valence-electron chi connectivity index (χ0n) is 14.1. The number of nitrogens with two attached hydrogens (primary N) is 1. The van der Waals surface area contributed by atoms with E-state index in [4.69, 9.17) is 5.73 Å². The molecule has 24 heavy (non-hydrogen) atoms. The van der Waals surface area contributed by atoms with Crippen LogP contribution in [-0.4, -0.2) is 31.4 Å². The number of anilines is 1. The summed E-state index contributed by atoms with van der Waals surface area (Å²) in [6, 6.07) is 7.99. The third-order valence-electron chi connectivity index (χ3n) is 4.21. The Hall–Kier alpha value is -1.59. The second kappa shape index (κ2) is 11.0. The van der Waals surface area contributed by atoms with Gasteiger partial charge in [-0.15, -0.1) is 12.4 Å². The molecule has 2 amide bonds. The lowest BCUT2D eigenvalue weighted by Crippen LogP contribution is -2.42. The Balaban J connectivity index is 0.00000288. The summed E-state index contributed by atoms with van der Waals surface area (Å²) in [7, 11) is 0. The van der Waals surface area contributed by atoms with E-state index in [-0.39, 0.29) is 30.8 Å². The minimum absolute atomic E-state index is 0. The first kappa shape index (κ1) is 20.5. The van der Waals surface area contributed by atoms with Crippen molar-refractivity contribution in [2.75, 3.05) is 24.5 Å². The zero-order valence-corrected chi connectivity index (χ0v) is 14.9. The van der Waals surface area contributed by atoms with Crippen LogP contribution >= 0.6 is 12.4 Å². The monoisotopic (exact) mass is 353 g/mol. The van der Waals surface area contributed by atoms with Gasteiger partial charge in [0.2, 0.25) is 11.8 Å². The summed E-state index contributed by atoms with van der Waals surface area (Å²) in [6.07, 6.45) is 6.40. The molecule has 0 atom stereocenters. The molecule has 5 nitrogen and oxygen atoms in total. The molecule has 0 fully saturated rings. The van der Waals surface area contributed by atoms with Gasteiger partial charge in [-0.2, -0.15) is 0 Å². The number of unbranched alkanes of at least 4 members (excludes halogenated alkanes) is 3. The van der Waals surface area contributed by atoms with E-state index >= 15 is 0 Å². The van der Waals surface area contributed by atoms with Gasteiger partial charge in [-0.05, 0) is 43.9 Å². The van der Waals surface area contributed by atoms with Crippen LogP contribution in [-0.2, 0) is 16.0 Å². The van der Waals surface area contributed by atoms with Gasteiger partial charge in [0.15, 0.2) is 0 Å². The molecule has 3 N–H and O–H groups in total. The molecular weight excluding hydrogens is 326 g/mol. The number of fused-ring (bicyclic) bond motifs is 1. The maximum absolute atomic E-state index is 12.4. The van der Waals surface area contributed by atoms with Gasteiger partial charge in [0.25, 0.3) is 0 Å². The molecule has 0 aliphatic carbocycles. The van der Waals surface area contributed by atoms with E-state index in [1.807, 2.05) is 18.2 Å². The molecule has 1 aliphatic rings. The summed E-state index contributed by atoms with van der Waals surface area (Å²) in [4.78, 5) is 26.0. The summed E-state index contributed by atoms with van der Waals surface area (Å²) < 4.78 is 0. The molecule has 1 heterocycles. The predicted octanol–water partition coefficient (Wildman–Crippen LogP) is 2.41. The van der Waals surface area contributed by atoms with E-state index in [9.17, 15) is 9.59 Å². The van der Waals surface area contributed by atoms with Crippen molar-refractivity contribution in [3.8, 4) is 0 Å². The molecule has 1 aliphatic heterocycles. The summed E-state index contributed by atoms with van der Waals surface area (Å²) in [6.45, 7) is 1.51. The van der Waals surface area contributed by atoms with Crippen LogP contribution in [0.3, 0.4) is 0 Å². The van der Waals surface area contributed by atoms with Crippen molar-refractivity contribution in [1.82, 2.24) is 5.32 Å². The number of amides is 2. The molecule has 1 aromatic carbocycles. The van der Waals surface area contributed by atoms with E-state index in [1.165, 1.54) is 5.56 Å². The highest BCUT2D eigenvalue weighted by Crippen LogP contribution is 2.26. The van der Waals surface area contributed by atoms with E-state index in [2.05, 4.69) is 11.4 Å². The van der Waals surface area contributed by atoms with Crippen molar-refractivity contribution in [3.05, 3.63) is 29.8 Å². The molecule has 0 unspecified atom stereocenters. The molecule has 0 saturated heterocycles. The second-order valence-corrected chi connectivity index (χ2v) is 6.01. The Kier molecular flexibility index (Phi) is 9.42. The molecule has 0 bridgehead atoms. The summed E-state index contributed by atoms with van der Waals surface area (Å²) >= 11 is 0. The van der Waals surface area contributed by atoms with E-state index < -0.39 is 0 Å². The summed E-state index contributed by atoms with van der Waals surface area (Å²) in [5.74, 6) is -0.0787. The average Bonchev–Trinajstić information content (AvgIpc) is 2.59. The van der Waals surface area contributed by atoms with Crippen LogP contribution in [0, 0.1) is 0 Å². The number of carbonyl (C=O) groups excluding carboxylic acids is 2. The van der Waals surface area contributed by atoms with Crippen LogP contribution in [0.2, 0.25) is 0 Å². The number of hydrogen-bond donors (Lipinski definition) is 2. The first-order chi connectivity index (χ1) is 11.2. The first-order valence-electron chi connectivity index (χ1n) is 8.57. The number of nitrogens with one attached hydrogen (secondary N) is 1. The van der Waals surface area contributed by atoms with Crippen molar-refractivity contribution in [2.24, 2.45) is 5.73 Å². The van der Waals surface area contributed by atoms with Gasteiger partial charge < -0.3 is 16.0 Å². The number of rotatable bonds is 8. The Bertz CT molecular complexity index is 537. The number of nitrogens with zero attached hydrogens (tertiary/aromatic N) is 1. The number of para-hydroxylation sites is 1. The normalized spacial score (nSPS) is 13.0. The average molecular weight is 354 g/mol. The second-order valence-electron chi connectivity index (χ2n) is 6.01. The van der Waals surface area contributed by atoms with Gasteiger partial charge in [-0.1, -0.05) is 31.0 Å². The van der Waals surface area contributed by atoms with E-state index in [0.29, 0.717) is 13.0 Å². The Morgan fingerprint density at radius 2 is 1.88 bits per heavy atom.